The van der Waals surface area contributed by atoms with E-state index in [2.05, 4.69) is 9.97 Å². The molecule has 2 heterocycles. The first-order chi connectivity index (χ1) is 7.50. The largest absolute Gasteiger partial charge is 1.00 e. The minimum atomic E-state index is -2.46. The van der Waals surface area contributed by atoms with Gasteiger partial charge in [-0.05, 0) is 17.1 Å². The predicted octanol–water partition coefficient (Wildman–Crippen LogP) is -4.14. The quantitative estimate of drug-likeness (QED) is 0.415. The number of nitrogens with one attached hydrogen (secondary N) is 1. The first kappa shape index (κ1) is 14.3. The van der Waals surface area contributed by atoms with Crippen LogP contribution in [-0.4, -0.2) is 23.3 Å². The number of pyridine rings is 1. The van der Waals surface area contributed by atoms with Crippen molar-refractivity contribution in [2.75, 3.05) is 0 Å². The molecule has 0 aromatic carbocycles. The van der Waals surface area contributed by atoms with Crippen LogP contribution in [0.4, 0.5) is 0 Å². The van der Waals surface area contributed by atoms with Crippen LogP contribution in [0.2, 0.25) is 0 Å². The molecular formula is C8H6N3NaO4S. The fourth-order valence-corrected chi connectivity index (χ4v) is 1.66. The topological polar surface area (TPSA) is 108 Å². The zero-order valence-electron chi connectivity index (χ0n) is 9.09. The molecule has 2 aromatic heterocycles. The number of fused-ring (bicyclic) bond motifs is 1. The molecule has 0 aliphatic carbocycles. The SMILES string of the molecule is Cn1c(=O)[nH]c(=O)c2cc(S(=O)[O-])cnc21.[Na+]. The molecule has 0 bridgehead atoms. The normalized spacial score (nSPS) is 12.1. The molecule has 2 aromatic rings. The van der Waals surface area contributed by atoms with E-state index < -0.39 is 22.3 Å². The van der Waals surface area contributed by atoms with Crippen molar-refractivity contribution in [3.8, 4) is 0 Å². The maximum absolute atomic E-state index is 11.4. The van der Waals surface area contributed by atoms with Gasteiger partial charge in [0, 0.05) is 18.1 Å². The Bertz CT molecular complexity index is 708. The third kappa shape index (κ3) is 2.55. The van der Waals surface area contributed by atoms with Crippen molar-refractivity contribution in [3.63, 3.8) is 0 Å². The standard InChI is InChI=1S/C8H7N3O4S.Na/c1-11-6-5(7(12)10-8(11)13)2-4(3-9-6)16(14)15;/h2-3H,1H3,(H,14,15)(H,10,12,13);/q;+1/p-1. The number of aromatic nitrogens is 3. The van der Waals surface area contributed by atoms with Gasteiger partial charge in [0.25, 0.3) is 5.56 Å². The fraction of sp³-hybridized carbons (Fsp3) is 0.125. The summed E-state index contributed by atoms with van der Waals surface area (Å²) in [4.78, 5) is 28.4. The minimum Gasteiger partial charge on any atom is -0.768 e. The van der Waals surface area contributed by atoms with E-state index in [1.54, 1.807) is 0 Å². The monoisotopic (exact) mass is 263 g/mol. The van der Waals surface area contributed by atoms with Crippen LogP contribution >= 0.6 is 0 Å². The van der Waals surface area contributed by atoms with E-state index in [9.17, 15) is 18.4 Å². The van der Waals surface area contributed by atoms with E-state index in [0.29, 0.717) is 0 Å². The smallest absolute Gasteiger partial charge is 0.768 e. The van der Waals surface area contributed by atoms with Crippen LogP contribution in [0.1, 0.15) is 0 Å². The first-order valence-electron chi connectivity index (χ1n) is 4.19. The summed E-state index contributed by atoms with van der Waals surface area (Å²) in [7, 11) is 1.43. The molecule has 0 fully saturated rings. The molecule has 17 heavy (non-hydrogen) atoms. The average Bonchev–Trinajstić information content (AvgIpc) is 2.25. The Balaban J connectivity index is 0.00000144. The number of hydrogen-bond donors (Lipinski definition) is 1. The summed E-state index contributed by atoms with van der Waals surface area (Å²) in [6.07, 6.45) is 1.09. The van der Waals surface area contributed by atoms with Crippen molar-refractivity contribution in [2.24, 2.45) is 7.05 Å². The van der Waals surface area contributed by atoms with Gasteiger partial charge in [-0.3, -0.25) is 18.6 Å². The Morgan fingerprint density at radius 3 is 2.71 bits per heavy atom. The van der Waals surface area contributed by atoms with Crippen LogP contribution in [0.5, 0.6) is 0 Å². The summed E-state index contributed by atoms with van der Waals surface area (Å²) in [6, 6.07) is 1.17. The summed E-state index contributed by atoms with van der Waals surface area (Å²) in [6.45, 7) is 0. The Hall–Kier alpha value is -0.800. The second-order valence-electron chi connectivity index (χ2n) is 3.10. The average molecular weight is 263 g/mol. The molecule has 1 atom stereocenters. The number of nitrogens with zero attached hydrogens (tertiary/aromatic N) is 2. The molecule has 1 unspecified atom stereocenters. The maximum Gasteiger partial charge on any atom is 1.00 e. The van der Waals surface area contributed by atoms with Gasteiger partial charge in [-0.1, -0.05) is 0 Å². The van der Waals surface area contributed by atoms with Gasteiger partial charge in [-0.25, -0.2) is 9.78 Å². The van der Waals surface area contributed by atoms with E-state index in [-0.39, 0.29) is 45.5 Å². The van der Waals surface area contributed by atoms with Gasteiger partial charge in [0.2, 0.25) is 0 Å². The van der Waals surface area contributed by atoms with Gasteiger partial charge in [-0.2, -0.15) is 0 Å². The molecule has 0 aliphatic heterocycles. The molecular weight excluding hydrogens is 257 g/mol. The molecule has 7 nitrogen and oxygen atoms in total. The molecule has 0 saturated carbocycles. The summed E-state index contributed by atoms with van der Waals surface area (Å²) < 4.78 is 22.5. The molecule has 0 spiro atoms. The minimum absolute atomic E-state index is 0. The number of rotatable bonds is 1. The van der Waals surface area contributed by atoms with Gasteiger partial charge >= 0.3 is 35.2 Å². The van der Waals surface area contributed by atoms with Crippen molar-refractivity contribution in [1.29, 1.82) is 0 Å². The van der Waals surface area contributed by atoms with E-state index in [4.69, 9.17) is 0 Å². The Labute approximate surface area is 119 Å². The maximum atomic E-state index is 11.4. The molecule has 0 saturated heterocycles. The van der Waals surface area contributed by atoms with E-state index in [1.165, 1.54) is 13.1 Å². The van der Waals surface area contributed by atoms with E-state index >= 15 is 0 Å². The second-order valence-corrected chi connectivity index (χ2v) is 4.04. The van der Waals surface area contributed by atoms with Crippen LogP contribution in [-0.2, 0) is 18.1 Å². The first-order valence-corrected chi connectivity index (χ1v) is 5.26. The van der Waals surface area contributed by atoms with Crippen molar-refractivity contribution in [3.05, 3.63) is 33.1 Å². The fourth-order valence-electron chi connectivity index (χ4n) is 1.31. The van der Waals surface area contributed by atoms with Crippen LogP contribution in [0.25, 0.3) is 11.0 Å². The van der Waals surface area contributed by atoms with Crippen molar-refractivity contribution in [1.82, 2.24) is 14.5 Å². The molecule has 2 rings (SSSR count). The van der Waals surface area contributed by atoms with Crippen LogP contribution in [0.15, 0.2) is 26.7 Å². The Morgan fingerprint density at radius 2 is 2.12 bits per heavy atom. The summed E-state index contributed by atoms with van der Waals surface area (Å²) >= 11 is -2.46. The molecule has 1 N–H and O–H groups in total. The van der Waals surface area contributed by atoms with Crippen molar-refractivity contribution in [2.45, 2.75) is 4.90 Å². The zero-order valence-corrected chi connectivity index (χ0v) is 11.9. The number of aromatic amines is 1. The Morgan fingerprint density at radius 1 is 1.47 bits per heavy atom. The number of H-pyrrole nitrogens is 1. The molecule has 84 valence electrons. The molecule has 0 amide bonds. The van der Waals surface area contributed by atoms with Gasteiger partial charge in [0.05, 0.1) is 5.39 Å². The van der Waals surface area contributed by atoms with Gasteiger partial charge in [0.1, 0.15) is 5.65 Å². The van der Waals surface area contributed by atoms with Crippen LogP contribution in [0, 0.1) is 0 Å². The van der Waals surface area contributed by atoms with E-state index in [1.807, 2.05) is 0 Å². The van der Waals surface area contributed by atoms with Gasteiger partial charge in [0.15, 0.2) is 0 Å². The Kier molecular flexibility index (Phi) is 4.39. The summed E-state index contributed by atoms with van der Waals surface area (Å²) in [5.41, 5.74) is -1.11. The molecule has 9 heteroatoms. The second kappa shape index (κ2) is 5.23. The van der Waals surface area contributed by atoms with Crippen molar-refractivity contribution >= 4 is 22.1 Å². The zero-order chi connectivity index (χ0) is 11.9. The number of hydrogen-bond acceptors (Lipinski definition) is 5. The molecule has 0 radical (unpaired) electrons. The van der Waals surface area contributed by atoms with E-state index in [0.717, 1.165) is 10.8 Å². The number of aryl methyl sites for hydroxylation is 1. The summed E-state index contributed by atoms with van der Waals surface area (Å²) in [5, 5.41) is 0.0591. The van der Waals surface area contributed by atoms with Gasteiger partial charge in [-0.15, -0.1) is 0 Å². The third-order valence-electron chi connectivity index (χ3n) is 2.12. The molecule has 0 aliphatic rings. The van der Waals surface area contributed by atoms with Crippen LogP contribution in [0.3, 0.4) is 0 Å². The summed E-state index contributed by atoms with van der Waals surface area (Å²) in [5.74, 6) is 0. The third-order valence-corrected chi connectivity index (χ3v) is 2.73. The van der Waals surface area contributed by atoms with Crippen LogP contribution < -0.4 is 40.8 Å². The van der Waals surface area contributed by atoms with Gasteiger partial charge < -0.3 is 4.55 Å². The van der Waals surface area contributed by atoms with Crippen molar-refractivity contribution < 1.29 is 38.3 Å². The predicted molar refractivity (Wildman–Crippen MR) is 54.8 cm³/mol.